The van der Waals surface area contributed by atoms with Crippen LogP contribution in [0.1, 0.15) is 64.2 Å². The van der Waals surface area contributed by atoms with Crippen LogP contribution in [0.4, 0.5) is 0 Å². The van der Waals surface area contributed by atoms with E-state index in [9.17, 15) is 9.59 Å². The zero-order chi connectivity index (χ0) is 30.4. The van der Waals surface area contributed by atoms with Gasteiger partial charge in [0.2, 0.25) is 5.91 Å². The zero-order valence-electron chi connectivity index (χ0n) is 25.7. The molecule has 8 heteroatoms. The van der Waals surface area contributed by atoms with Crippen LogP contribution >= 0.6 is 22.7 Å². The van der Waals surface area contributed by atoms with Gasteiger partial charge in [0.25, 0.3) is 5.91 Å². The summed E-state index contributed by atoms with van der Waals surface area (Å²) < 4.78 is 1.10. The molecule has 6 rings (SSSR count). The number of hydrogen-bond acceptors (Lipinski definition) is 6. The van der Waals surface area contributed by atoms with Crippen LogP contribution in [0.15, 0.2) is 72.1 Å². The standard InChI is InChI=1S/C36H44N4O2S2/c1-27-13-14-29-25-33(44-32(29)23-27)34(41)38-36(15-5-6-16-36)35(42)37-30(24-28-9-3-2-4-10-28)11-7-17-39-18-20-40(21-19-39)26-31-12-8-22-43-31/h2-4,8-10,12-14,22-23,25,30H,5-7,11,15-21,24,26H2,1H3,(H,37,42)(H,38,41)/t30-/m0/s1. The van der Waals surface area contributed by atoms with Gasteiger partial charge in [0.1, 0.15) is 5.54 Å². The lowest BCUT2D eigenvalue weighted by Gasteiger charge is -2.35. The number of thiophene rings is 2. The Kier molecular flexibility index (Phi) is 10.1. The first kappa shape index (κ1) is 31.0. The van der Waals surface area contributed by atoms with E-state index in [1.54, 1.807) is 0 Å². The molecule has 1 aliphatic carbocycles. The fraction of sp³-hybridized carbons (Fsp3) is 0.444. The Morgan fingerprint density at radius 3 is 2.45 bits per heavy atom. The third-order valence-electron chi connectivity index (χ3n) is 9.26. The van der Waals surface area contributed by atoms with Gasteiger partial charge in [-0.05, 0) is 85.7 Å². The number of carbonyl (C=O) groups is 2. The third-order valence-corrected chi connectivity index (χ3v) is 11.2. The van der Waals surface area contributed by atoms with E-state index in [1.807, 2.05) is 23.5 Å². The normalized spacial score (nSPS) is 17.9. The summed E-state index contributed by atoms with van der Waals surface area (Å²) in [5, 5.41) is 9.89. The van der Waals surface area contributed by atoms with Crippen molar-refractivity contribution in [1.82, 2.24) is 20.4 Å². The number of fused-ring (bicyclic) bond motifs is 1. The fourth-order valence-electron chi connectivity index (χ4n) is 6.72. The number of nitrogens with zero attached hydrogens (tertiary/aromatic N) is 2. The van der Waals surface area contributed by atoms with Crippen molar-refractivity contribution in [3.8, 4) is 0 Å². The van der Waals surface area contributed by atoms with Crippen molar-refractivity contribution in [3.63, 3.8) is 0 Å². The zero-order valence-corrected chi connectivity index (χ0v) is 27.4. The van der Waals surface area contributed by atoms with Gasteiger partial charge in [-0.1, -0.05) is 61.4 Å². The molecule has 2 aromatic carbocycles. The van der Waals surface area contributed by atoms with Gasteiger partial charge in [-0.2, -0.15) is 0 Å². The molecule has 6 nitrogen and oxygen atoms in total. The van der Waals surface area contributed by atoms with E-state index in [0.29, 0.717) is 17.7 Å². The predicted molar refractivity (Wildman–Crippen MR) is 183 cm³/mol. The number of rotatable bonds is 12. The summed E-state index contributed by atoms with van der Waals surface area (Å²) in [5.74, 6) is -0.165. The van der Waals surface area contributed by atoms with E-state index in [0.717, 1.165) is 81.5 Å². The lowest BCUT2D eigenvalue weighted by Crippen LogP contribution is -2.59. The number of benzene rings is 2. The molecule has 2 aliphatic rings. The first-order valence-corrected chi connectivity index (χ1v) is 17.8. The number of piperazine rings is 1. The van der Waals surface area contributed by atoms with Crippen LogP contribution in [0.3, 0.4) is 0 Å². The van der Waals surface area contributed by atoms with Crippen LogP contribution in [-0.2, 0) is 17.8 Å². The molecule has 0 radical (unpaired) electrons. The van der Waals surface area contributed by atoms with Crippen molar-refractivity contribution in [3.05, 3.63) is 93.0 Å². The first-order valence-electron chi connectivity index (χ1n) is 16.1. The Hall–Kier alpha value is -3.04. The molecule has 1 aliphatic heterocycles. The molecule has 2 amide bonds. The highest BCUT2D eigenvalue weighted by Crippen LogP contribution is 2.32. The molecular formula is C36H44N4O2S2. The molecule has 1 saturated carbocycles. The molecule has 0 spiro atoms. The van der Waals surface area contributed by atoms with E-state index in [1.165, 1.54) is 27.3 Å². The summed E-state index contributed by atoms with van der Waals surface area (Å²) >= 11 is 3.34. The highest BCUT2D eigenvalue weighted by Gasteiger charge is 2.43. The van der Waals surface area contributed by atoms with E-state index in [-0.39, 0.29) is 17.9 Å². The lowest BCUT2D eigenvalue weighted by molar-refractivity contribution is -0.128. The van der Waals surface area contributed by atoms with Crippen LogP contribution in [-0.4, -0.2) is 65.9 Å². The SMILES string of the molecule is Cc1ccc2cc(C(=O)NC3(C(=O)N[C@@H](CCCN4CCN(Cc5cccs5)CC4)Cc4ccccc4)CCCC3)sc2c1. The summed E-state index contributed by atoms with van der Waals surface area (Å²) in [6.45, 7) is 8.55. The third kappa shape index (κ3) is 7.78. The Balaban J connectivity index is 1.07. The Morgan fingerprint density at radius 2 is 1.70 bits per heavy atom. The second-order valence-corrected chi connectivity index (χ2v) is 14.7. The molecule has 232 valence electrons. The molecule has 2 fully saturated rings. The Morgan fingerprint density at radius 1 is 0.932 bits per heavy atom. The van der Waals surface area contributed by atoms with Crippen LogP contribution in [0, 0.1) is 6.92 Å². The Bertz CT molecular complexity index is 1520. The average Bonchev–Trinajstić information content (AvgIpc) is 3.80. The van der Waals surface area contributed by atoms with E-state index < -0.39 is 5.54 Å². The van der Waals surface area contributed by atoms with Gasteiger partial charge in [0.05, 0.1) is 4.88 Å². The van der Waals surface area contributed by atoms with Crippen molar-refractivity contribution in [2.45, 2.75) is 70.0 Å². The average molecular weight is 629 g/mol. The molecule has 0 unspecified atom stereocenters. The van der Waals surface area contributed by atoms with E-state index in [4.69, 9.17) is 0 Å². The first-order chi connectivity index (χ1) is 21.5. The quantitative estimate of drug-likeness (QED) is 0.185. The maximum absolute atomic E-state index is 14.0. The van der Waals surface area contributed by atoms with Crippen LogP contribution < -0.4 is 10.6 Å². The minimum atomic E-state index is -0.850. The number of amides is 2. The summed E-state index contributed by atoms with van der Waals surface area (Å²) in [6.07, 6.45) is 5.99. The number of aryl methyl sites for hydroxylation is 1. The molecule has 1 atom stereocenters. The predicted octanol–water partition coefficient (Wildman–Crippen LogP) is 6.64. The van der Waals surface area contributed by atoms with Gasteiger partial charge in [0, 0.05) is 48.3 Å². The molecule has 2 aromatic heterocycles. The molecular weight excluding hydrogens is 585 g/mol. The molecule has 0 bridgehead atoms. The molecule has 4 aromatic rings. The molecule has 2 N–H and O–H groups in total. The minimum absolute atomic E-state index is 0.0201. The highest BCUT2D eigenvalue weighted by atomic mass is 32.1. The van der Waals surface area contributed by atoms with Crippen molar-refractivity contribution >= 4 is 44.6 Å². The minimum Gasteiger partial charge on any atom is -0.351 e. The number of carbonyl (C=O) groups excluding carboxylic acids is 2. The Labute approximate surface area is 269 Å². The monoisotopic (exact) mass is 628 g/mol. The van der Waals surface area contributed by atoms with E-state index in [2.05, 4.69) is 87.3 Å². The van der Waals surface area contributed by atoms with Gasteiger partial charge in [-0.3, -0.25) is 14.5 Å². The lowest BCUT2D eigenvalue weighted by atomic mass is 9.94. The second-order valence-electron chi connectivity index (χ2n) is 12.6. The van der Waals surface area contributed by atoms with Crippen LogP contribution in [0.5, 0.6) is 0 Å². The van der Waals surface area contributed by atoms with Crippen molar-refractivity contribution in [2.75, 3.05) is 32.7 Å². The summed E-state index contributed by atoms with van der Waals surface area (Å²) in [7, 11) is 0. The van der Waals surface area contributed by atoms with Gasteiger partial charge in [-0.25, -0.2) is 0 Å². The van der Waals surface area contributed by atoms with Crippen molar-refractivity contribution in [2.24, 2.45) is 0 Å². The van der Waals surface area contributed by atoms with Crippen molar-refractivity contribution in [1.29, 1.82) is 0 Å². The number of nitrogens with one attached hydrogen (secondary N) is 2. The maximum Gasteiger partial charge on any atom is 0.262 e. The molecule has 1 saturated heterocycles. The number of hydrogen-bond donors (Lipinski definition) is 2. The summed E-state index contributed by atoms with van der Waals surface area (Å²) in [4.78, 5) is 34.8. The summed E-state index contributed by atoms with van der Waals surface area (Å²) in [5.41, 5.74) is 1.56. The molecule has 44 heavy (non-hydrogen) atoms. The van der Waals surface area contributed by atoms with Crippen molar-refractivity contribution < 1.29 is 9.59 Å². The van der Waals surface area contributed by atoms with Gasteiger partial charge >= 0.3 is 0 Å². The topological polar surface area (TPSA) is 64.7 Å². The van der Waals surface area contributed by atoms with E-state index >= 15 is 0 Å². The highest BCUT2D eigenvalue weighted by molar-refractivity contribution is 7.20. The smallest absolute Gasteiger partial charge is 0.262 e. The van der Waals surface area contributed by atoms with Crippen LogP contribution in [0.25, 0.3) is 10.1 Å². The largest absolute Gasteiger partial charge is 0.351 e. The fourth-order valence-corrected chi connectivity index (χ4v) is 8.52. The maximum atomic E-state index is 14.0. The van der Waals surface area contributed by atoms with Gasteiger partial charge in [0.15, 0.2) is 0 Å². The summed E-state index contributed by atoms with van der Waals surface area (Å²) in [6, 6.07) is 23.0. The molecule has 3 heterocycles. The van der Waals surface area contributed by atoms with Gasteiger partial charge < -0.3 is 15.5 Å². The van der Waals surface area contributed by atoms with Crippen LogP contribution in [0.2, 0.25) is 0 Å². The second kappa shape index (κ2) is 14.4. The van der Waals surface area contributed by atoms with Gasteiger partial charge in [-0.15, -0.1) is 22.7 Å².